The van der Waals surface area contributed by atoms with Crippen LogP contribution in [0, 0.1) is 0 Å². The predicted octanol–water partition coefficient (Wildman–Crippen LogP) is 3.14. The molecule has 0 saturated carbocycles. The van der Waals surface area contributed by atoms with E-state index in [9.17, 15) is 0 Å². The van der Waals surface area contributed by atoms with Gasteiger partial charge in [0.15, 0.2) is 0 Å². The Kier molecular flexibility index (Phi) is 12.8. The van der Waals surface area contributed by atoms with Crippen molar-refractivity contribution in [3.05, 3.63) is 0 Å². The van der Waals surface area contributed by atoms with Crippen LogP contribution in [-0.2, 0) is 4.74 Å². The lowest BCUT2D eigenvalue weighted by Gasteiger charge is -2.03. The second kappa shape index (κ2) is 12.9. The van der Waals surface area contributed by atoms with Gasteiger partial charge < -0.3 is 9.84 Å². The van der Waals surface area contributed by atoms with E-state index in [1.54, 1.807) is 0 Å². The van der Waals surface area contributed by atoms with Crippen molar-refractivity contribution in [1.29, 1.82) is 0 Å². The highest BCUT2D eigenvalue weighted by Gasteiger charge is 1.91. The monoisotopic (exact) mass is 202 g/mol. The average molecular weight is 202 g/mol. The fraction of sp³-hybridized carbons (Fsp3) is 1.00. The quantitative estimate of drug-likeness (QED) is 0.522. The van der Waals surface area contributed by atoms with E-state index in [0.29, 0.717) is 6.61 Å². The molecule has 14 heavy (non-hydrogen) atoms. The summed E-state index contributed by atoms with van der Waals surface area (Å²) in [5.74, 6) is 0. The predicted molar refractivity (Wildman–Crippen MR) is 60.5 cm³/mol. The van der Waals surface area contributed by atoms with E-state index >= 15 is 0 Å². The Morgan fingerprint density at radius 3 is 1.93 bits per heavy atom. The molecule has 2 heteroatoms. The molecule has 0 radical (unpaired) electrons. The van der Waals surface area contributed by atoms with Crippen molar-refractivity contribution in [3.8, 4) is 0 Å². The molecule has 0 amide bonds. The topological polar surface area (TPSA) is 29.5 Å². The fourth-order valence-corrected chi connectivity index (χ4v) is 1.40. The number of ether oxygens (including phenoxy) is 1. The Bertz CT molecular complexity index is 82.3. The number of aliphatic hydroxyl groups excluding tert-OH is 1. The van der Waals surface area contributed by atoms with E-state index in [4.69, 9.17) is 9.84 Å². The van der Waals surface area contributed by atoms with Gasteiger partial charge in [0, 0.05) is 19.8 Å². The van der Waals surface area contributed by atoms with Gasteiger partial charge in [-0.05, 0) is 19.3 Å². The third-order valence-corrected chi connectivity index (χ3v) is 2.34. The first-order chi connectivity index (χ1) is 6.91. The molecule has 0 aliphatic carbocycles. The Hall–Kier alpha value is -0.0800. The molecule has 0 saturated heterocycles. The van der Waals surface area contributed by atoms with Crippen molar-refractivity contribution in [2.24, 2.45) is 0 Å². The average Bonchev–Trinajstić information content (AvgIpc) is 2.21. The molecule has 0 fully saturated rings. The van der Waals surface area contributed by atoms with Crippen LogP contribution in [-0.4, -0.2) is 24.9 Å². The van der Waals surface area contributed by atoms with Crippen molar-refractivity contribution in [2.45, 2.75) is 58.3 Å². The standard InChI is InChI=1S/C12H26O2/c1-2-3-4-8-11-14-12-9-6-5-7-10-13/h13H,2-12H2,1H3. The fourth-order valence-electron chi connectivity index (χ4n) is 1.40. The molecule has 1 N–H and O–H groups in total. The van der Waals surface area contributed by atoms with Gasteiger partial charge in [-0.15, -0.1) is 0 Å². The summed E-state index contributed by atoms with van der Waals surface area (Å²) < 4.78 is 5.50. The number of rotatable bonds is 11. The van der Waals surface area contributed by atoms with E-state index < -0.39 is 0 Å². The zero-order valence-electron chi connectivity index (χ0n) is 9.63. The molecule has 0 aromatic rings. The Morgan fingerprint density at radius 1 is 0.786 bits per heavy atom. The maximum absolute atomic E-state index is 8.56. The van der Waals surface area contributed by atoms with Crippen molar-refractivity contribution in [3.63, 3.8) is 0 Å². The van der Waals surface area contributed by atoms with Gasteiger partial charge in [0.2, 0.25) is 0 Å². The van der Waals surface area contributed by atoms with Crippen LogP contribution >= 0.6 is 0 Å². The third-order valence-electron chi connectivity index (χ3n) is 2.34. The Labute approximate surface area is 88.7 Å². The minimum atomic E-state index is 0.331. The lowest BCUT2D eigenvalue weighted by Crippen LogP contribution is -1.97. The summed E-state index contributed by atoms with van der Waals surface area (Å²) in [7, 11) is 0. The van der Waals surface area contributed by atoms with Gasteiger partial charge in [0.25, 0.3) is 0 Å². The molecule has 0 aliphatic heterocycles. The second-order valence-corrected chi connectivity index (χ2v) is 3.81. The van der Waals surface area contributed by atoms with Crippen LogP contribution in [0.4, 0.5) is 0 Å². The van der Waals surface area contributed by atoms with Gasteiger partial charge >= 0.3 is 0 Å². The summed E-state index contributed by atoms with van der Waals surface area (Å²) in [5.41, 5.74) is 0. The van der Waals surface area contributed by atoms with Crippen LogP contribution in [0.1, 0.15) is 58.3 Å². The molecule has 0 atom stereocenters. The molecule has 0 heterocycles. The van der Waals surface area contributed by atoms with Crippen LogP contribution in [0.3, 0.4) is 0 Å². The summed E-state index contributed by atoms with van der Waals surface area (Å²) in [6.45, 7) is 4.39. The van der Waals surface area contributed by atoms with E-state index in [-0.39, 0.29) is 0 Å². The van der Waals surface area contributed by atoms with Crippen molar-refractivity contribution < 1.29 is 9.84 Å². The summed E-state index contributed by atoms with van der Waals surface area (Å²) in [4.78, 5) is 0. The number of unbranched alkanes of at least 4 members (excludes halogenated alkanes) is 6. The molecule has 0 aromatic carbocycles. The molecule has 0 aromatic heterocycles. The maximum Gasteiger partial charge on any atom is 0.0466 e. The SMILES string of the molecule is CCCCCCOCCCCCCO. The molecule has 0 spiro atoms. The van der Waals surface area contributed by atoms with Crippen molar-refractivity contribution in [2.75, 3.05) is 19.8 Å². The summed E-state index contributed by atoms with van der Waals surface area (Å²) in [6, 6.07) is 0. The third kappa shape index (κ3) is 11.9. The summed E-state index contributed by atoms with van der Waals surface area (Å²) >= 11 is 0. The number of hydrogen-bond donors (Lipinski definition) is 1. The van der Waals surface area contributed by atoms with Gasteiger partial charge in [0.05, 0.1) is 0 Å². The van der Waals surface area contributed by atoms with Crippen LogP contribution in [0.2, 0.25) is 0 Å². The first kappa shape index (κ1) is 13.9. The van der Waals surface area contributed by atoms with Crippen molar-refractivity contribution in [1.82, 2.24) is 0 Å². The lowest BCUT2D eigenvalue weighted by molar-refractivity contribution is 0.125. The lowest BCUT2D eigenvalue weighted by atomic mass is 10.2. The smallest absolute Gasteiger partial charge is 0.0466 e. The molecule has 2 nitrogen and oxygen atoms in total. The van der Waals surface area contributed by atoms with E-state index in [2.05, 4.69) is 6.92 Å². The minimum absolute atomic E-state index is 0.331. The molecule has 0 unspecified atom stereocenters. The van der Waals surface area contributed by atoms with Crippen molar-refractivity contribution >= 4 is 0 Å². The highest BCUT2D eigenvalue weighted by atomic mass is 16.5. The van der Waals surface area contributed by atoms with Gasteiger partial charge in [-0.2, -0.15) is 0 Å². The Balaban J connectivity index is 2.78. The first-order valence-corrected chi connectivity index (χ1v) is 6.10. The van der Waals surface area contributed by atoms with E-state index in [1.165, 1.54) is 32.1 Å². The van der Waals surface area contributed by atoms with Gasteiger partial charge in [0.1, 0.15) is 0 Å². The molecule has 0 rings (SSSR count). The normalized spacial score (nSPS) is 10.7. The first-order valence-electron chi connectivity index (χ1n) is 6.10. The van der Waals surface area contributed by atoms with E-state index in [1.807, 2.05) is 0 Å². The highest BCUT2D eigenvalue weighted by molar-refractivity contribution is 4.43. The maximum atomic E-state index is 8.56. The van der Waals surface area contributed by atoms with Crippen LogP contribution < -0.4 is 0 Å². The van der Waals surface area contributed by atoms with Crippen LogP contribution in [0.25, 0.3) is 0 Å². The molecular formula is C12H26O2. The van der Waals surface area contributed by atoms with E-state index in [0.717, 1.165) is 32.5 Å². The second-order valence-electron chi connectivity index (χ2n) is 3.81. The van der Waals surface area contributed by atoms with Crippen LogP contribution in [0.15, 0.2) is 0 Å². The minimum Gasteiger partial charge on any atom is -0.396 e. The Morgan fingerprint density at radius 2 is 1.36 bits per heavy atom. The molecular weight excluding hydrogens is 176 g/mol. The highest BCUT2D eigenvalue weighted by Crippen LogP contribution is 2.01. The molecule has 0 bridgehead atoms. The van der Waals surface area contributed by atoms with Gasteiger partial charge in [-0.3, -0.25) is 0 Å². The zero-order chi connectivity index (χ0) is 10.5. The zero-order valence-corrected chi connectivity index (χ0v) is 9.63. The number of hydrogen-bond acceptors (Lipinski definition) is 2. The van der Waals surface area contributed by atoms with Gasteiger partial charge in [-0.1, -0.05) is 39.0 Å². The van der Waals surface area contributed by atoms with Gasteiger partial charge in [-0.25, -0.2) is 0 Å². The summed E-state index contributed by atoms with van der Waals surface area (Å²) in [5, 5.41) is 8.56. The largest absolute Gasteiger partial charge is 0.396 e. The molecule has 0 aliphatic rings. The summed E-state index contributed by atoms with van der Waals surface area (Å²) in [6.07, 6.45) is 9.56. The van der Waals surface area contributed by atoms with Crippen LogP contribution in [0.5, 0.6) is 0 Å². The number of aliphatic hydroxyl groups is 1. The molecule has 86 valence electrons.